The molecule has 1 aliphatic heterocycles. The zero-order valence-electron chi connectivity index (χ0n) is 10.6. The summed E-state index contributed by atoms with van der Waals surface area (Å²) >= 11 is 3.50. The summed E-state index contributed by atoms with van der Waals surface area (Å²) in [6.45, 7) is 8.36. The normalized spacial score (nSPS) is 21.7. The van der Waals surface area contributed by atoms with Crippen LogP contribution in [0.25, 0.3) is 0 Å². The van der Waals surface area contributed by atoms with Gasteiger partial charge in [0.05, 0.1) is 12.7 Å². The molecule has 0 saturated carbocycles. The van der Waals surface area contributed by atoms with Crippen LogP contribution in [-0.2, 0) is 11.3 Å². The van der Waals surface area contributed by atoms with E-state index in [1.165, 1.54) is 16.7 Å². The average Bonchev–Trinajstić information content (AvgIpc) is 2.34. The topological polar surface area (TPSA) is 12.5 Å². The van der Waals surface area contributed by atoms with Gasteiger partial charge in [0.15, 0.2) is 0 Å². The highest BCUT2D eigenvalue weighted by molar-refractivity contribution is 9.09. The fourth-order valence-electron chi connectivity index (χ4n) is 2.34. The summed E-state index contributed by atoms with van der Waals surface area (Å²) < 4.78 is 5.67. The van der Waals surface area contributed by atoms with Crippen LogP contribution >= 0.6 is 15.9 Å². The number of halogens is 1. The van der Waals surface area contributed by atoms with Gasteiger partial charge in [0, 0.05) is 25.0 Å². The predicted molar refractivity (Wildman–Crippen MR) is 74.7 cm³/mol. The van der Waals surface area contributed by atoms with Crippen LogP contribution in [0.4, 0.5) is 0 Å². The summed E-state index contributed by atoms with van der Waals surface area (Å²) in [5.41, 5.74) is 4.27. The fraction of sp³-hybridized carbons (Fsp3) is 0.571. The third-order valence-corrected chi connectivity index (χ3v) is 4.14. The minimum atomic E-state index is 0.341. The van der Waals surface area contributed by atoms with Gasteiger partial charge in [0.1, 0.15) is 0 Å². The summed E-state index contributed by atoms with van der Waals surface area (Å²) in [5.74, 6) is 0. The number of nitrogens with zero attached hydrogens (tertiary/aromatic N) is 1. The van der Waals surface area contributed by atoms with E-state index in [2.05, 4.69) is 52.9 Å². The van der Waals surface area contributed by atoms with Crippen LogP contribution in [0.2, 0.25) is 0 Å². The second kappa shape index (κ2) is 5.98. The Bertz CT molecular complexity index is 360. The molecule has 1 heterocycles. The Balaban J connectivity index is 2.05. The summed E-state index contributed by atoms with van der Waals surface area (Å²) in [5, 5.41) is 0.927. The Morgan fingerprint density at radius 3 is 2.71 bits per heavy atom. The molecule has 0 N–H and O–H groups in total. The van der Waals surface area contributed by atoms with Crippen molar-refractivity contribution in [3.8, 4) is 0 Å². The van der Waals surface area contributed by atoms with Gasteiger partial charge in [-0.3, -0.25) is 4.90 Å². The van der Waals surface area contributed by atoms with Crippen LogP contribution in [-0.4, -0.2) is 36.0 Å². The quantitative estimate of drug-likeness (QED) is 0.796. The van der Waals surface area contributed by atoms with Crippen LogP contribution in [0.5, 0.6) is 0 Å². The fourth-order valence-corrected chi connectivity index (χ4v) is 2.73. The summed E-state index contributed by atoms with van der Waals surface area (Å²) in [4.78, 5) is 2.49. The van der Waals surface area contributed by atoms with Crippen molar-refractivity contribution in [1.82, 2.24) is 4.90 Å². The lowest BCUT2D eigenvalue weighted by Gasteiger charge is -2.32. The molecular weight excluding hydrogens is 278 g/mol. The van der Waals surface area contributed by atoms with E-state index in [0.29, 0.717) is 6.10 Å². The maximum Gasteiger partial charge on any atom is 0.0799 e. The zero-order valence-corrected chi connectivity index (χ0v) is 12.2. The van der Waals surface area contributed by atoms with Crippen LogP contribution in [0.1, 0.15) is 16.7 Å². The molecule has 94 valence electrons. The molecule has 2 rings (SSSR count). The Kier molecular flexibility index (Phi) is 4.60. The molecule has 1 unspecified atom stereocenters. The van der Waals surface area contributed by atoms with Crippen molar-refractivity contribution in [2.75, 3.05) is 25.0 Å². The second-order valence-electron chi connectivity index (χ2n) is 4.75. The molecule has 0 aromatic heterocycles. The van der Waals surface area contributed by atoms with Gasteiger partial charge in [-0.05, 0) is 30.5 Å². The molecule has 1 atom stereocenters. The Hall–Kier alpha value is -0.380. The molecule has 1 saturated heterocycles. The first-order valence-electron chi connectivity index (χ1n) is 6.15. The number of hydrogen-bond acceptors (Lipinski definition) is 2. The standard InChI is InChI=1S/C14H20BrNO/c1-11-4-3-5-12(2)14(11)10-16-6-7-17-13(8-15)9-16/h3-5,13H,6-10H2,1-2H3. The lowest BCUT2D eigenvalue weighted by molar-refractivity contribution is -0.0182. The van der Waals surface area contributed by atoms with Gasteiger partial charge >= 0.3 is 0 Å². The van der Waals surface area contributed by atoms with Crippen molar-refractivity contribution in [3.05, 3.63) is 34.9 Å². The van der Waals surface area contributed by atoms with Crippen molar-refractivity contribution in [2.45, 2.75) is 26.5 Å². The highest BCUT2D eigenvalue weighted by Crippen LogP contribution is 2.18. The molecule has 0 bridgehead atoms. The maximum absolute atomic E-state index is 5.67. The Morgan fingerprint density at radius 2 is 2.06 bits per heavy atom. The number of morpholine rings is 1. The third kappa shape index (κ3) is 3.30. The molecule has 0 spiro atoms. The Morgan fingerprint density at radius 1 is 1.35 bits per heavy atom. The van der Waals surface area contributed by atoms with Gasteiger partial charge in [-0.1, -0.05) is 34.1 Å². The number of aryl methyl sites for hydroxylation is 2. The number of ether oxygens (including phenoxy) is 1. The minimum absolute atomic E-state index is 0.341. The molecule has 17 heavy (non-hydrogen) atoms. The van der Waals surface area contributed by atoms with Crippen molar-refractivity contribution in [3.63, 3.8) is 0 Å². The van der Waals surface area contributed by atoms with E-state index in [-0.39, 0.29) is 0 Å². The summed E-state index contributed by atoms with van der Waals surface area (Å²) in [6, 6.07) is 6.53. The second-order valence-corrected chi connectivity index (χ2v) is 5.40. The van der Waals surface area contributed by atoms with E-state index in [0.717, 1.165) is 31.6 Å². The molecule has 1 aromatic rings. The SMILES string of the molecule is Cc1cccc(C)c1CN1CCOC(CBr)C1. The monoisotopic (exact) mass is 297 g/mol. The van der Waals surface area contributed by atoms with Gasteiger partial charge in [-0.15, -0.1) is 0 Å². The number of hydrogen-bond donors (Lipinski definition) is 0. The Labute approximate surface area is 112 Å². The number of rotatable bonds is 3. The van der Waals surface area contributed by atoms with E-state index < -0.39 is 0 Å². The van der Waals surface area contributed by atoms with E-state index in [4.69, 9.17) is 4.74 Å². The first-order chi connectivity index (χ1) is 8.20. The van der Waals surface area contributed by atoms with Gasteiger partial charge in [-0.25, -0.2) is 0 Å². The van der Waals surface area contributed by atoms with Crippen LogP contribution in [0.15, 0.2) is 18.2 Å². The van der Waals surface area contributed by atoms with E-state index in [1.54, 1.807) is 0 Å². The molecule has 1 aliphatic rings. The highest BCUT2D eigenvalue weighted by Gasteiger charge is 2.20. The third-order valence-electron chi connectivity index (χ3n) is 3.42. The summed E-state index contributed by atoms with van der Waals surface area (Å²) in [7, 11) is 0. The molecule has 2 nitrogen and oxygen atoms in total. The molecule has 1 fully saturated rings. The van der Waals surface area contributed by atoms with Crippen molar-refractivity contribution < 1.29 is 4.74 Å². The zero-order chi connectivity index (χ0) is 12.3. The lowest BCUT2D eigenvalue weighted by atomic mass is 10.0. The molecule has 0 amide bonds. The van der Waals surface area contributed by atoms with Gasteiger partial charge < -0.3 is 4.74 Å². The van der Waals surface area contributed by atoms with E-state index in [9.17, 15) is 0 Å². The first kappa shape index (κ1) is 13.1. The van der Waals surface area contributed by atoms with Crippen LogP contribution < -0.4 is 0 Å². The number of benzene rings is 1. The number of alkyl halides is 1. The summed E-state index contributed by atoms with van der Waals surface area (Å²) in [6.07, 6.45) is 0.341. The highest BCUT2D eigenvalue weighted by atomic mass is 79.9. The van der Waals surface area contributed by atoms with Crippen LogP contribution in [0.3, 0.4) is 0 Å². The van der Waals surface area contributed by atoms with Gasteiger partial charge in [0.2, 0.25) is 0 Å². The van der Waals surface area contributed by atoms with Gasteiger partial charge in [0.25, 0.3) is 0 Å². The lowest BCUT2D eigenvalue weighted by Crippen LogP contribution is -2.42. The molecule has 1 aromatic carbocycles. The molecule has 0 aliphatic carbocycles. The van der Waals surface area contributed by atoms with E-state index >= 15 is 0 Å². The average molecular weight is 298 g/mol. The molecule has 3 heteroatoms. The predicted octanol–water partition coefficient (Wildman–Crippen LogP) is 2.90. The van der Waals surface area contributed by atoms with E-state index in [1.807, 2.05) is 0 Å². The van der Waals surface area contributed by atoms with Crippen molar-refractivity contribution in [1.29, 1.82) is 0 Å². The van der Waals surface area contributed by atoms with Crippen LogP contribution in [0, 0.1) is 13.8 Å². The smallest absolute Gasteiger partial charge is 0.0799 e. The molecule has 0 radical (unpaired) electrons. The minimum Gasteiger partial charge on any atom is -0.375 e. The largest absolute Gasteiger partial charge is 0.375 e. The van der Waals surface area contributed by atoms with Crippen molar-refractivity contribution in [2.24, 2.45) is 0 Å². The van der Waals surface area contributed by atoms with Gasteiger partial charge in [-0.2, -0.15) is 0 Å². The van der Waals surface area contributed by atoms with Crippen molar-refractivity contribution >= 4 is 15.9 Å². The molecular formula is C14H20BrNO. The first-order valence-corrected chi connectivity index (χ1v) is 7.28. The maximum atomic E-state index is 5.67.